The van der Waals surface area contributed by atoms with Crippen LogP contribution in [0.1, 0.15) is 19.3 Å². The van der Waals surface area contributed by atoms with Gasteiger partial charge in [0, 0.05) is 25.7 Å². The molecule has 0 spiro atoms. The van der Waals surface area contributed by atoms with Crippen molar-refractivity contribution in [2.24, 2.45) is 5.92 Å². The van der Waals surface area contributed by atoms with Gasteiger partial charge in [0.25, 0.3) is 0 Å². The molecule has 3 heteroatoms. The zero-order chi connectivity index (χ0) is 8.10. The molecule has 2 unspecified atom stereocenters. The van der Waals surface area contributed by atoms with Crippen LogP contribution in [-0.2, 0) is 4.74 Å². The van der Waals surface area contributed by atoms with Gasteiger partial charge in [0.2, 0.25) is 0 Å². The summed E-state index contributed by atoms with van der Waals surface area (Å²) in [5.74, 6) is 0.246. The van der Waals surface area contributed by atoms with Gasteiger partial charge in [-0.2, -0.15) is 0 Å². The van der Waals surface area contributed by atoms with Gasteiger partial charge in [-0.25, -0.2) is 0 Å². The van der Waals surface area contributed by atoms with Gasteiger partial charge in [0.15, 0.2) is 0 Å². The zero-order valence-electron chi connectivity index (χ0n) is 6.70. The summed E-state index contributed by atoms with van der Waals surface area (Å²) in [7, 11) is 0. The van der Waals surface area contributed by atoms with E-state index in [0.29, 0.717) is 6.42 Å². The first-order valence-electron chi connectivity index (χ1n) is 4.21. The van der Waals surface area contributed by atoms with E-state index in [4.69, 9.17) is 14.9 Å². The van der Waals surface area contributed by atoms with Crippen LogP contribution in [0.3, 0.4) is 0 Å². The Morgan fingerprint density at radius 3 is 2.82 bits per heavy atom. The van der Waals surface area contributed by atoms with E-state index in [2.05, 4.69) is 0 Å². The molecule has 11 heavy (non-hydrogen) atoms. The first kappa shape index (κ1) is 8.97. The smallest absolute Gasteiger partial charge is 0.0647 e. The lowest BCUT2D eigenvalue weighted by molar-refractivity contribution is -0.0535. The molecule has 1 rings (SSSR count). The Bertz CT molecular complexity index is 104. The second-order valence-electron chi connectivity index (χ2n) is 3.01. The summed E-state index contributed by atoms with van der Waals surface area (Å²) in [6.07, 6.45) is 2.80. The molecular formula is C8H16O3. The normalized spacial score (nSPS) is 32.2. The minimum Gasteiger partial charge on any atom is -0.396 e. The van der Waals surface area contributed by atoms with Crippen LogP contribution in [0, 0.1) is 5.92 Å². The predicted octanol–water partition coefficient (Wildman–Crippen LogP) is 0.156. The van der Waals surface area contributed by atoms with E-state index in [1.54, 1.807) is 0 Å². The standard InChI is InChI=1S/C8H16O3/c9-4-3-8-7(6-10)2-1-5-11-8/h7-10H,1-6H2. The van der Waals surface area contributed by atoms with Gasteiger partial charge in [0.1, 0.15) is 0 Å². The van der Waals surface area contributed by atoms with Gasteiger partial charge in [0.05, 0.1) is 6.10 Å². The molecule has 2 atom stereocenters. The highest BCUT2D eigenvalue weighted by molar-refractivity contribution is 4.73. The molecule has 3 nitrogen and oxygen atoms in total. The van der Waals surface area contributed by atoms with Crippen LogP contribution >= 0.6 is 0 Å². The van der Waals surface area contributed by atoms with E-state index < -0.39 is 0 Å². The molecule has 1 aliphatic rings. The van der Waals surface area contributed by atoms with Gasteiger partial charge in [-0.3, -0.25) is 0 Å². The number of hydrogen-bond donors (Lipinski definition) is 2. The van der Waals surface area contributed by atoms with Gasteiger partial charge < -0.3 is 14.9 Å². The lowest BCUT2D eigenvalue weighted by Crippen LogP contribution is -2.32. The highest BCUT2D eigenvalue weighted by Gasteiger charge is 2.24. The van der Waals surface area contributed by atoms with Crippen LogP contribution in [0.15, 0.2) is 0 Å². The second kappa shape index (κ2) is 4.70. The third-order valence-corrected chi connectivity index (χ3v) is 2.23. The molecular weight excluding hydrogens is 144 g/mol. The number of aliphatic hydroxyl groups is 2. The number of aliphatic hydroxyl groups excluding tert-OH is 2. The summed E-state index contributed by atoms with van der Waals surface area (Å²) in [6.45, 7) is 1.12. The maximum Gasteiger partial charge on any atom is 0.0647 e. The van der Waals surface area contributed by atoms with Crippen molar-refractivity contribution in [2.75, 3.05) is 19.8 Å². The molecule has 0 bridgehead atoms. The largest absolute Gasteiger partial charge is 0.396 e. The Balaban J connectivity index is 2.31. The number of rotatable bonds is 3. The minimum absolute atomic E-state index is 0.0822. The summed E-state index contributed by atoms with van der Waals surface area (Å²) in [4.78, 5) is 0. The summed E-state index contributed by atoms with van der Waals surface area (Å²) in [5, 5.41) is 17.6. The highest BCUT2D eigenvalue weighted by atomic mass is 16.5. The van der Waals surface area contributed by atoms with Crippen molar-refractivity contribution in [2.45, 2.75) is 25.4 Å². The van der Waals surface area contributed by atoms with E-state index >= 15 is 0 Å². The third-order valence-electron chi connectivity index (χ3n) is 2.23. The average Bonchev–Trinajstić information content (AvgIpc) is 2.06. The Hall–Kier alpha value is -0.120. The predicted molar refractivity (Wildman–Crippen MR) is 41.3 cm³/mol. The van der Waals surface area contributed by atoms with E-state index in [9.17, 15) is 0 Å². The Kier molecular flexibility index (Phi) is 3.83. The molecule has 0 radical (unpaired) electrons. The van der Waals surface area contributed by atoms with Crippen molar-refractivity contribution in [1.29, 1.82) is 0 Å². The van der Waals surface area contributed by atoms with Crippen molar-refractivity contribution in [3.05, 3.63) is 0 Å². The first-order valence-corrected chi connectivity index (χ1v) is 4.21. The van der Waals surface area contributed by atoms with Gasteiger partial charge in [-0.15, -0.1) is 0 Å². The summed E-state index contributed by atoms with van der Waals surface area (Å²) >= 11 is 0. The zero-order valence-corrected chi connectivity index (χ0v) is 6.70. The Morgan fingerprint density at radius 1 is 1.36 bits per heavy atom. The van der Waals surface area contributed by atoms with Crippen molar-refractivity contribution in [3.63, 3.8) is 0 Å². The fourth-order valence-electron chi connectivity index (χ4n) is 1.56. The van der Waals surface area contributed by atoms with Crippen LogP contribution in [0.5, 0.6) is 0 Å². The van der Waals surface area contributed by atoms with Gasteiger partial charge in [-0.1, -0.05) is 0 Å². The fraction of sp³-hybridized carbons (Fsp3) is 1.00. The van der Waals surface area contributed by atoms with E-state index in [1.807, 2.05) is 0 Å². The fourth-order valence-corrected chi connectivity index (χ4v) is 1.56. The summed E-state index contributed by atoms with van der Waals surface area (Å²) in [5.41, 5.74) is 0. The molecule has 0 aromatic heterocycles. The van der Waals surface area contributed by atoms with Crippen molar-refractivity contribution in [3.8, 4) is 0 Å². The average molecular weight is 160 g/mol. The van der Waals surface area contributed by atoms with Crippen LogP contribution in [-0.4, -0.2) is 36.1 Å². The van der Waals surface area contributed by atoms with Crippen LogP contribution in [0.2, 0.25) is 0 Å². The van der Waals surface area contributed by atoms with Gasteiger partial charge >= 0.3 is 0 Å². The van der Waals surface area contributed by atoms with Gasteiger partial charge in [-0.05, 0) is 19.3 Å². The van der Waals surface area contributed by atoms with E-state index in [1.165, 1.54) is 0 Å². The van der Waals surface area contributed by atoms with Crippen LogP contribution in [0.25, 0.3) is 0 Å². The molecule has 1 heterocycles. The maximum absolute atomic E-state index is 8.93. The SMILES string of the molecule is OCCC1OCCCC1CO. The number of ether oxygens (including phenoxy) is 1. The molecule has 1 aliphatic heterocycles. The topological polar surface area (TPSA) is 49.7 Å². The molecule has 0 aliphatic carbocycles. The highest BCUT2D eigenvalue weighted by Crippen LogP contribution is 2.22. The lowest BCUT2D eigenvalue weighted by atomic mass is 9.93. The molecule has 0 aromatic rings. The molecule has 66 valence electrons. The van der Waals surface area contributed by atoms with Crippen molar-refractivity contribution >= 4 is 0 Å². The van der Waals surface area contributed by atoms with Crippen LogP contribution in [0.4, 0.5) is 0 Å². The Morgan fingerprint density at radius 2 is 2.18 bits per heavy atom. The molecule has 0 amide bonds. The van der Waals surface area contributed by atoms with Crippen molar-refractivity contribution < 1.29 is 14.9 Å². The summed E-state index contributed by atoms with van der Waals surface area (Å²) < 4.78 is 5.40. The van der Waals surface area contributed by atoms with Crippen LogP contribution < -0.4 is 0 Å². The molecule has 0 aromatic carbocycles. The molecule has 1 saturated heterocycles. The third kappa shape index (κ3) is 2.43. The minimum atomic E-state index is 0.0822. The van der Waals surface area contributed by atoms with E-state index in [0.717, 1.165) is 19.4 Å². The second-order valence-corrected chi connectivity index (χ2v) is 3.01. The quantitative estimate of drug-likeness (QED) is 0.618. The molecule has 2 N–H and O–H groups in total. The lowest BCUT2D eigenvalue weighted by Gasteiger charge is -2.29. The summed E-state index contributed by atoms with van der Waals surface area (Å²) in [6, 6.07) is 0. The Labute approximate surface area is 67.0 Å². The van der Waals surface area contributed by atoms with Crippen molar-refractivity contribution in [1.82, 2.24) is 0 Å². The molecule has 1 fully saturated rings. The first-order chi connectivity index (χ1) is 5.38. The maximum atomic E-state index is 8.93. The molecule has 0 saturated carbocycles. The monoisotopic (exact) mass is 160 g/mol. The number of hydrogen-bond acceptors (Lipinski definition) is 3. The van der Waals surface area contributed by atoms with E-state index in [-0.39, 0.29) is 25.2 Å².